The van der Waals surface area contributed by atoms with Crippen LogP contribution in [0.5, 0.6) is 5.75 Å². The van der Waals surface area contributed by atoms with Gasteiger partial charge in [-0.25, -0.2) is 0 Å². The van der Waals surface area contributed by atoms with Crippen LogP contribution in [0.4, 0.5) is 5.69 Å². The van der Waals surface area contributed by atoms with Crippen LogP contribution in [-0.4, -0.2) is 18.8 Å². The molecule has 2 unspecified atom stereocenters. The predicted molar refractivity (Wildman–Crippen MR) is 116 cm³/mol. The normalized spacial score (nSPS) is 13.0. The summed E-state index contributed by atoms with van der Waals surface area (Å²) >= 11 is 0. The molecule has 3 aromatic carbocycles. The molecule has 3 aromatic rings. The van der Waals surface area contributed by atoms with Crippen LogP contribution in [-0.2, 0) is 0 Å². The highest BCUT2D eigenvalue weighted by Gasteiger charge is 2.24. The summed E-state index contributed by atoms with van der Waals surface area (Å²) in [5.74, 6) is 1.09. The van der Waals surface area contributed by atoms with E-state index in [2.05, 4.69) is 72.9 Å². The monoisotopic (exact) mass is 375 g/mol. The molecule has 0 amide bonds. The highest BCUT2D eigenvalue weighted by Crippen LogP contribution is 2.38. The minimum absolute atomic E-state index is 0.0857. The zero-order chi connectivity index (χ0) is 19.8. The summed E-state index contributed by atoms with van der Waals surface area (Å²) in [5.41, 5.74) is 4.81. The second-order valence-electron chi connectivity index (χ2n) is 7.14. The number of benzene rings is 3. The van der Waals surface area contributed by atoms with Gasteiger partial charge in [0.15, 0.2) is 0 Å². The number of rotatable bonds is 9. The molecular weight excluding hydrogens is 346 g/mol. The van der Waals surface area contributed by atoms with Crippen LogP contribution < -0.4 is 10.1 Å². The summed E-state index contributed by atoms with van der Waals surface area (Å²) in [4.78, 5) is 0. The Labute approximate surface area is 168 Å². The van der Waals surface area contributed by atoms with Crippen molar-refractivity contribution in [1.29, 1.82) is 0 Å². The molecule has 0 aliphatic rings. The van der Waals surface area contributed by atoms with Gasteiger partial charge in [0.1, 0.15) is 5.75 Å². The van der Waals surface area contributed by atoms with Crippen molar-refractivity contribution < 1.29 is 9.84 Å². The Hall–Kier alpha value is -2.78. The lowest BCUT2D eigenvalue weighted by molar-refractivity contribution is 0.277. The van der Waals surface area contributed by atoms with Gasteiger partial charge < -0.3 is 15.2 Å². The van der Waals surface area contributed by atoms with E-state index in [-0.39, 0.29) is 18.6 Å². The lowest BCUT2D eigenvalue weighted by atomic mass is 9.83. The molecule has 0 saturated carbocycles. The van der Waals surface area contributed by atoms with Gasteiger partial charge in [-0.1, -0.05) is 60.2 Å². The molecule has 0 fully saturated rings. The number of methoxy groups -OCH3 is 1. The van der Waals surface area contributed by atoms with Crippen molar-refractivity contribution in [3.05, 3.63) is 95.6 Å². The topological polar surface area (TPSA) is 41.5 Å². The van der Waals surface area contributed by atoms with Gasteiger partial charge in [0.05, 0.1) is 13.2 Å². The van der Waals surface area contributed by atoms with Crippen molar-refractivity contribution in [2.45, 2.75) is 31.7 Å². The zero-order valence-corrected chi connectivity index (χ0v) is 16.6. The van der Waals surface area contributed by atoms with Crippen molar-refractivity contribution >= 4 is 5.69 Å². The van der Waals surface area contributed by atoms with Gasteiger partial charge in [0.2, 0.25) is 0 Å². The van der Waals surface area contributed by atoms with Crippen LogP contribution in [0.25, 0.3) is 0 Å². The quantitative estimate of drug-likeness (QED) is 0.503. The molecule has 0 heterocycles. The maximum absolute atomic E-state index is 9.47. The average molecular weight is 376 g/mol. The summed E-state index contributed by atoms with van der Waals surface area (Å²) in [6.07, 6.45) is 1.66. The first-order valence-corrected chi connectivity index (χ1v) is 9.84. The minimum Gasteiger partial charge on any atom is -0.497 e. The molecular formula is C25H29NO2. The Morgan fingerprint density at radius 2 is 1.54 bits per heavy atom. The molecule has 3 rings (SSSR count). The molecule has 0 aliphatic carbocycles. The molecule has 0 saturated heterocycles. The fourth-order valence-corrected chi connectivity index (χ4v) is 3.59. The van der Waals surface area contributed by atoms with Crippen LogP contribution in [0.1, 0.15) is 41.5 Å². The Morgan fingerprint density at radius 3 is 2.14 bits per heavy atom. The third kappa shape index (κ3) is 5.14. The lowest BCUT2D eigenvalue weighted by Gasteiger charge is -2.30. The first-order chi connectivity index (χ1) is 13.7. The van der Waals surface area contributed by atoms with Crippen LogP contribution >= 0.6 is 0 Å². The van der Waals surface area contributed by atoms with E-state index in [9.17, 15) is 5.11 Å². The number of aliphatic hydroxyl groups excluding tert-OH is 1. The molecule has 146 valence electrons. The van der Waals surface area contributed by atoms with Crippen molar-refractivity contribution in [1.82, 2.24) is 0 Å². The van der Waals surface area contributed by atoms with Gasteiger partial charge in [-0.2, -0.15) is 0 Å². The summed E-state index contributed by atoms with van der Waals surface area (Å²) in [5, 5.41) is 13.2. The largest absolute Gasteiger partial charge is 0.497 e. The molecule has 2 atom stereocenters. The van der Waals surface area contributed by atoms with Crippen molar-refractivity contribution in [3.8, 4) is 5.75 Å². The Morgan fingerprint density at radius 1 is 0.857 bits per heavy atom. The van der Waals surface area contributed by atoms with E-state index in [4.69, 9.17) is 4.74 Å². The van der Waals surface area contributed by atoms with Crippen LogP contribution in [0.15, 0.2) is 78.9 Å². The van der Waals surface area contributed by atoms with Gasteiger partial charge in [-0.15, -0.1) is 0 Å². The van der Waals surface area contributed by atoms with E-state index in [1.165, 1.54) is 16.7 Å². The molecule has 0 aromatic heterocycles. The number of hydrogen-bond donors (Lipinski definition) is 2. The first kappa shape index (κ1) is 20.0. The maximum Gasteiger partial charge on any atom is 0.118 e. The van der Waals surface area contributed by atoms with Crippen LogP contribution in [0.2, 0.25) is 0 Å². The summed E-state index contributed by atoms with van der Waals surface area (Å²) in [7, 11) is 1.69. The van der Waals surface area contributed by atoms with Crippen LogP contribution in [0.3, 0.4) is 0 Å². The van der Waals surface area contributed by atoms with Crippen molar-refractivity contribution in [2.24, 2.45) is 0 Å². The van der Waals surface area contributed by atoms with Gasteiger partial charge >= 0.3 is 0 Å². The summed E-state index contributed by atoms with van der Waals surface area (Å²) in [6.45, 7) is 2.29. The molecule has 28 heavy (non-hydrogen) atoms. The standard InChI is InChI=1S/C25H29NO2/c1-19-10-14-22(15-11-19)26-25(21-12-16-23(28-2)17-13-21)24(9-6-18-27)20-7-4-3-5-8-20/h3-5,7-8,10-17,24-27H,6,9,18H2,1-2H3. The summed E-state index contributed by atoms with van der Waals surface area (Å²) in [6, 6.07) is 27.4. The fraction of sp³-hybridized carbons (Fsp3) is 0.280. The number of hydrogen-bond acceptors (Lipinski definition) is 3. The first-order valence-electron chi connectivity index (χ1n) is 9.84. The number of nitrogens with one attached hydrogen (secondary N) is 1. The van der Waals surface area contributed by atoms with E-state index in [0.717, 1.165) is 24.3 Å². The van der Waals surface area contributed by atoms with E-state index in [1.807, 2.05) is 18.2 Å². The Bertz CT molecular complexity index is 829. The van der Waals surface area contributed by atoms with E-state index in [1.54, 1.807) is 7.11 Å². The second-order valence-corrected chi connectivity index (χ2v) is 7.14. The molecule has 3 nitrogen and oxygen atoms in total. The van der Waals surface area contributed by atoms with Gasteiger partial charge in [0, 0.05) is 18.2 Å². The second kappa shape index (κ2) is 9.95. The summed E-state index contributed by atoms with van der Waals surface area (Å²) < 4.78 is 5.34. The predicted octanol–water partition coefficient (Wildman–Crippen LogP) is 5.71. The minimum atomic E-state index is 0.0857. The molecule has 0 aliphatic heterocycles. The smallest absolute Gasteiger partial charge is 0.118 e. The van der Waals surface area contributed by atoms with Crippen molar-refractivity contribution in [3.63, 3.8) is 0 Å². The number of aryl methyl sites for hydroxylation is 1. The molecule has 3 heteroatoms. The van der Waals surface area contributed by atoms with Gasteiger partial charge in [-0.3, -0.25) is 0 Å². The maximum atomic E-state index is 9.47. The number of aliphatic hydroxyl groups is 1. The zero-order valence-electron chi connectivity index (χ0n) is 16.6. The van der Waals surface area contributed by atoms with Gasteiger partial charge in [0.25, 0.3) is 0 Å². The third-order valence-corrected chi connectivity index (χ3v) is 5.15. The highest BCUT2D eigenvalue weighted by atomic mass is 16.5. The average Bonchev–Trinajstić information content (AvgIpc) is 2.75. The Kier molecular flexibility index (Phi) is 7.10. The fourth-order valence-electron chi connectivity index (χ4n) is 3.59. The van der Waals surface area contributed by atoms with Gasteiger partial charge in [-0.05, 0) is 55.2 Å². The van der Waals surface area contributed by atoms with E-state index >= 15 is 0 Å². The molecule has 2 N–H and O–H groups in total. The highest BCUT2D eigenvalue weighted by molar-refractivity contribution is 5.48. The SMILES string of the molecule is COc1ccc(C(Nc2ccc(C)cc2)C(CCCO)c2ccccc2)cc1. The third-order valence-electron chi connectivity index (χ3n) is 5.15. The van der Waals surface area contributed by atoms with Crippen molar-refractivity contribution in [2.75, 3.05) is 19.0 Å². The van der Waals surface area contributed by atoms with Crippen LogP contribution in [0, 0.1) is 6.92 Å². The lowest BCUT2D eigenvalue weighted by Crippen LogP contribution is -2.20. The Balaban J connectivity index is 1.99. The molecule has 0 spiro atoms. The van der Waals surface area contributed by atoms with E-state index < -0.39 is 0 Å². The molecule has 0 radical (unpaired) electrons. The molecule has 0 bridgehead atoms. The number of anilines is 1. The van der Waals surface area contributed by atoms with E-state index in [0.29, 0.717) is 0 Å². The number of ether oxygens (including phenoxy) is 1.